The Bertz CT molecular complexity index is 664. The van der Waals surface area contributed by atoms with Crippen LogP contribution in [0.4, 0.5) is 0 Å². The third-order valence-electron chi connectivity index (χ3n) is 4.44. The van der Waals surface area contributed by atoms with Gasteiger partial charge in [-0.15, -0.1) is 0 Å². The van der Waals surface area contributed by atoms with E-state index < -0.39 is 15.4 Å². The second-order valence-corrected chi connectivity index (χ2v) is 7.95. The lowest BCUT2D eigenvalue weighted by Gasteiger charge is -2.25. The predicted octanol–water partition coefficient (Wildman–Crippen LogP) is -0.394. The predicted molar refractivity (Wildman–Crippen MR) is 79.2 cm³/mol. The van der Waals surface area contributed by atoms with Gasteiger partial charge in [0.05, 0.1) is 24.9 Å². The molecule has 0 spiro atoms. The molecule has 8 heteroatoms. The van der Waals surface area contributed by atoms with Gasteiger partial charge in [0, 0.05) is 37.9 Å². The van der Waals surface area contributed by atoms with Crippen molar-refractivity contribution in [3.63, 3.8) is 0 Å². The maximum absolute atomic E-state index is 12.7. The van der Waals surface area contributed by atoms with Crippen molar-refractivity contribution in [3.8, 4) is 0 Å². The zero-order chi connectivity index (χ0) is 15.8. The number of nitrogens with one attached hydrogen (secondary N) is 1. The summed E-state index contributed by atoms with van der Waals surface area (Å²) in [5.41, 5.74) is 0.131. The zero-order valence-corrected chi connectivity index (χ0v) is 13.2. The molecule has 0 radical (unpaired) electrons. The van der Waals surface area contributed by atoms with Crippen LogP contribution in [0.25, 0.3) is 0 Å². The molecule has 1 N–H and O–H groups in total. The zero-order valence-electron chi connectivity index (χ0n) is 12.4. The van der Waals surface area contributed by atoms with Gasteiger partial charge < -0.3 is 10.1 Å². The van der Waals surface area contributed by atoms with Crippen molar-refractivity contribution >= 4 is 15.9 Å². The van der Waals surface area contributed by atoms with Gasteiger partial charge in [0.2, 0.25) is 15.9 Å². The van der Waals surface area contributed by atoms with E-state index in [1.807, 2.05) is 12.1 Å². The Labute approximate surface area is 129 Å². The summed E-state index contributed by atoms with van der Waals surface area (Å²) in [7, 11) is -3.30. The van der Waals surface area contributed by atoms with Crippen LogP contribution in [0.3, 0.4) is 0 Å². The molecule has 0 saturated carbocycles. The van der Waals surface area contributed by atoms with Gasteiger partial charge in [0.1, 0.15) is 0 Å². The van der Waals surface area contributed by atoms with Crippen LogP contribution >= 0.6 is 0 Å². The number of rotatable bonds is 4. The van der Waals surface area contributed by atoms with E-state index >= 15 is 0 Å². The Balaban J connectivity index is 1.72. The van der Waals surface area contributed by atoms with Crippen LogP contribution in [0.15, 0.2) is 24.5 Å². The van der Waals surface area contributed by atoms with Crippen molar-refractivity contribution in [2.24, 2.45) is 11.3 Å². The normalized spacial score (nSPS) is 28.5. The SMILES string of the molecule is CS(=O)(=O)N1C[C@@H]2COC[C@]2(C(=O)NCc2cccnc2)C1. The third-order valence-corrected chi connectivity index (χ3v) is 5.66. The minimum absolute atomic E-state index is 0.0869. The van der Waals surface area contributed by atoms with E-state index in [1.54, 1.807) is 12.4 Å². The molecule has 0 bridgehead atoms. The second-order valence-electron chi connectivity index (χ2n) is 5.97. The summed E-state index contributed by atoms with van der Waals surface area (Å²) in [6, 6.07) is 3.69. The monoisotopic (exact) mass is 325 g/mol. The van der Waals surface area contributed by atoms with Gasteiger partial charge in [-0.2, -0.15) is 0 Å². The molecule has 22 heavy (non-hydrogen) atoms. The number of fused-ring (bicyclic) bond motifs is 1. The Hall–Kier alpha value is -1.51. The molecule has 2 atom stereocenters. The molecular weight excluding hydrogens is 306 g/mol. The van der Waals surface area contributed by atoms with E-state index in [4.69, 9.17) is 4.74 Å². The molecule has 3 rings (SSSR count). The smallest absolute Gasteiger partial charge is 0.230 e. The van der Waals surface area contributed by atoms with Crippen LogP contribution in [0.1, 0.15) is 5.56 Å². The fourth-order valence-corrected chi connectivity index (χ4v) is 4.04. The number of sulfonamides is 1. The number of amides is 1. The quantitative estimate of drug-likeness (QED) is 0.814. The maximum Gasteiger partial charge on any atom is 0.230 e. The first-order valence-electron chi connectivity index (χ1n) is 7.12. The highest BCUT2D eigenvalue weighted by atomic mass is 32.2. The number of carbonyl (C=O) groups is 1. The van der Waals surface area contributed by atoms with Gasteiger partial charge in [-0.1, -0.05) is 6.07 Å². The Kier molecular flexibility index (Phi) is 3.92. The number of ether oxygens (including phenoxy) is 1. The number of aromatic nitrogens is 1. The van der Waals surface area contributed by atoms with Crippen LogP contribution in [0, 0.1) is 11.3 Å². The van der Waals surface area contributed by atoms with Crippen LogP contribution in [0.5, 0.6) is 0 Å². The molecule has 0 aromatic carbocycles. The van der Waals surface area contributed by atoms with Crippen molar-refractivity contribution < 1.29 is 17.9 Å². The summed E-state index contributed by atoms with van der Waals surface area (Å²) < 4.78 is 30.3. The highest BCUT2D eigenvalue weighted by Crippen LogP contribution is 2.42. The average Bonchev–Trinajstić information content (AvgIpc) is 3.03. The fourth-order valence-electron chi connectivity index (χ4n) is 3.12. The van der Waals surface area contributed by atoms with Gasteiger partial charge in [-0.05, 0) is 11.6 Å². The molecule has 2 aliphatic rings. The van der Waals surface area contributed by atoms with Gasteiger partial charge >= 0.3 is 0 Å². The van der Waals surface area contributed by atoms with Crippen molar-refractivity contribution in [2.45, 2.75) is 6.54 Å². The first-order valence-corrected chi connectivity index (χ1v) is 8.97. The van der Waals surface area contributed by atoms with E-state index in [0.29, 0.717) is 19.7 Å². The van der Waals surface area contributed by atoms with E-state index in [-0.39, 0.29) is 25.0 Å². The summed E-state index contributed by atoms with van der Waals surface area (Å²) in [4.78, 5) is 16.7. The number of nitrogens with zero attached hydrogens (tertiary/aromatic N) is 2. The standard InChI is InChI=1S/C14H19N3O4S/c1-22(19,20)17-7-12-8-21-10-14(12,9-17)13(18)16-6-11-3-2-4-15-5-11/h2-5,12H,6-10H2,1H3,(H,16,18)/t12-,14-/m1/s1. The van der Waals surface area contributed by atoms with Gasteiger partial charge in [-0.25, -0.2) is 12.7 Å². The highest BCUT2D eigenvalue weighted by Gasteiger charge is 2.57. The number of hydrogen-bond acceptors (Lipinski definition) is 5. The van der Waals surface area contributed by atoms with Crippen LogP contribution in [-0.4, -0.2) is 56.2 Å². The van der Waals surface area contributed by atoms with Crippen LogP contribution in [-0.2, 0) is 26.1 Å². The lowest BCUT2D eigenvalue weighted by atomic mass is 9.80. The van der Waals surface area contributed by atoms with Crippen molar-refractivity contribution in [1.82, 2.24) is 14.6 Å². The van der Waals surface area contributed by atoms with Crippen LogP contribution in [0.2, 0.25) is 0 Å². The average molecular weight is 325 g/mol. The highest BCUT2D eigenvalue weighted by molar-refractivity contribution is 7.88. The molecule has 1 aromatic rings. The molecule has 0 unspecified atom stereocenters. The molecule has 0 aliphatic carbocycles. The Morgan fingerprint density at radius 2 is 2.41 bits per heavy atom. The minimum atomic E-state index is -3.30. The van der Waals surface area contributed by atoms with Crippen molar-refractivity contribution in [3.05, 3.63) is 30.1 Å². The summed E-state index contributed by atoms with van der Waals surface area (Å²) in [6.45, 7) is 1.60. The molecule has 120 valence electrons. The first kappa shape index (κ1) is 15.4. The molecule has 7 nitrogen and oxygen atoms in total. The Morgan fingerprint density at radius 3 is 3.09 bits per heavy atom. The van der Waals surface area contributed by atoms with E-state index in [1.165, 1.54) is 10.6 Å². The molecule has 1 amide bonds. The van der Waals surface area contributed by atoms with E-state index in [9.17, 15) is 13.2 Å². The van der Waals surface area contributed by atoms with Gasteiger partial charge in [-0.3, -0.25) is 9.78 Å². The fraction of sp³-hybridized carbons (Fsp3) is 0.571. The molecule has 1 aromatic heterocycles. The van der Waals surface area contributed by atoms with Gasteiger partial charge in [0.15, 0.2) is 0 Å². The molecular formula is C14H19N3O4S. The summed E-state index contributed by atoms with van der Waals surface area (Å²) in [5.74, 6) is -0.235. The lowest BCUT2D eigenvalue weighted by Crippen LogP contribution is -2.46. The van der Waals surface area contributed by atoms with Gasteiger partial charge in [0.25, 0.3) is 0 Å². The Morgan fingerprint density at radius 1 is 1.59 bits per heavy atom. The van der Waals surface area contributed by atoms with Crippen molar-refractivity contribution in [1.29, 1.82) is 0 Å². The number of carbonyl (C=O) groups excluding carboxylic acids is 1. The molecule has 2 aliphatic heterocycles. The van der Waals surface area contributed by atoms with E-state index in [2.05, 4.69) is 10.3 Å². The number of pyridine rings is 1. The molecule has 2 fully saturated rings. The summed E-state index contributed by atoms with van der Waals surface area (Å²) in [6.07, 6.45) is 4.54. The van der Waals surface area contributed by atoms with Crippen LogP contribution < -0.4 is 5.32 Å². The largest absolute Gasteiger partial charge is 0.380 e. The minimum Gasteiger partial charge on any atom is -0.380 e. The molecule has 3 heterocycles. The second kappa shape index (κ2) is 5.60. The topological polar surface area (TPSA) is 88.6 Å². The lowest BCUT2D eigenvalue weighted by molar-refractivity contribution is -0.131. The van der Waals surface area contributed by atoms with Crippen molar-refractivity contribution in [2.75, 3.05) is 32.6 Å². The summed E-state index contributed by atoms with van der Waals surface area (Å²) >= 11 is 0. The summed E-state index contributed by atoms with van der Waals surface area (Å²) in [5, 5.41) is 2.89. The molecule has 2 saturated heterocycles. The third kappa shape index (κ3) is 2.73. The van der Waals surface area contributed by atoms with E-state index in [0.717, 1.165) is 5.56 Å². The number of hydrogen-bond donors (Lipinski definition) is 1. The first-order chi connectivity index (χ1) is 10.4. The maximum atomic E-state index is 12.7.